The minimum atomic E-state index is -0.698. The first-order chi connectivity index (χ1) is 15.1. The Kier molecular flexibility index (Phi) is 6.36. The number of hydrogen-bond acceptors (Lipinski definition) is 7. The molecule has 2 aromatic carbocycles. The highest BCUT2D eigenvalue weighted by molar-refractivity contribution is 7.99. The Morgan fingerprint density at radius 3 is 2.61 bits per heavy atom. The molecule has 0 bridgehead atoms. The molecule has 0 radical (unpaired) electrons. The lowest BCUT2D eigenvalue weighted by atomic mass is 10.1. The zero-order chi connectivity index (χ0) is 21.8. The number of anilines is 1. The van der Waals surface area contributed by atoms with Crippen LogP contribution in [0.4, 0.5) is 5.69 Å². The van der Waals surface area contributed by atoms with E-state index in [-0.39, 0.29) is 5.91 Å². The Balaban J connectivity index is 1.83. The highest BCUT2D eigenvalue weighted by Gasteiger charge is 2.34. The quantitative estimate of drug-likeness (QED) is 0.510. The van der Waals surface area contributed by atoms with E-state index in [2.05, 4.69) is 22.1 Å². The third-order valence-electron chi connectivity index (χ3n) is 4.76. The Labute approximate surface area is 185 Å². The molecule has 1 atom stereocenters. The Hall–Kier alpha value is -3.13. The topological polar surface area (TPSA) is 77.4 Å². The van der Waals surface area contributed by atoms with Crippen molar-refractivity contribution in [1.29, 1.82) is 0 Å². The summed E-state index contributed by atoms with van der Waals surface area (Å²) in [5, 5.41) is 9.16. The monoisotopic (exact) mass is 436 g/mol. The summed E-state index contributed by atoms with van der Waals surface area (Å²) in [4.78, 5) is 19.0. The van der Waals surface area contributed by atoms with E-state index in [4.69, 9.17) is 9.47 Å². The van der Waals surface area contributed by atoms with Gasteiger partial charge in [-0.15, -0.1) is 10.2 Å². The van der Waals surface area contributed by atoms with Crippen LogP contribution in [0.5, 0.6) is 11.6 Å². The lowest BCUT2D eigenvalue weighted by molar-refractivity contribution is -0.118. The van der Waals surface area contributed by atoms with Crippen molar-refractivity contribution in [3.05, 3.63) is 54.1 Å². The summed E-state index contributed by atoms with van der Waals surface area (Å²) in [6.45, 7) is 6.27. The molecule has 3 aromatic rings. The molecule has 7 nitrogen and oxygen atoms in total. The lowest BCUT2D eigenvalue weighted by Gasteiger charge is -2.30. The minimum absolute atomic E-state index is 0.146. The molecular formula is C23H24N4O3S. The predicted molar refractivity (Wildman–Crippen MR) is 120 cm³/mol. The second-order valence-corrected chi connectivity index (χ2v) is 8.21. The van der Waals surface area contributed by atoms with Crippen molar-refractivity contribution in [3.8, 4) is 22.9 Å². The second-order valence-electron chi connectivity index (χ2n) is 6.98. The largest absolute Gasteiger partial charge is 0.494 e. The number of carbonyl (C=O) groups is 1. The van der Waals surface area contributed by atoms with Crippen LogP contribution in [0, 0.1) is 0 Å². The Morgan fingerprint density at radius 1 is 1.13 bits per heavy atom. The number of aromatic nitrogens is 3. The van der Waals surface area contributed by atoms with E-state index in [1.807, 2.05) is 55.5 Å². The summed E-state index contributed by atoms with van der Waals surface area (Å²) < 4.78 is 12.0. The van der Waals surface area contributed by atoms with Gasteiger partial charge in [-0.25, -0.2) is 0 Å². The van der Waals surface area contributed by atoms with E-state index >= 15 is 0 Å². The predicted octanol–water partition coefficient (Wildman–Crippen LogP) is 4.88. The molecule has 1 aromatic heterocycles. The fraction of sp³-hybridized carbons (Fsp3) is 0.304. The van der Waals surface area contributed by atoms with Gasteiger partial charge in [-0.05, 0) is 42.5 Å². The van der Waals surface area contributed by atoms with E-state index in [0.29, 0.717) is 29.0 Å². The molecule has 1 amide bonds. The molecule has 0 saturated carbocycles. The number of para-hydroxylation sites is 1. The molecule has 0 saturated heterocycles. The maximum Gasteiger partial charge on any atom is 0.247 e. The highest BCUT2D eigenvalue weighted by Crippen LogP contribution is 2.43. The summed E-state index contributed by atoms with van der Waals surface area (Å²) in [7, 11) is 0. The number of thioether (sulfide) groups is 1. The first kappa shape index (κ1) is 21.1. The third-order valence-corrected chi connectivity index (χ3v) is 5.48. The van der Waals surface area contributed by atoms with E-state index < -0.39 is 6.23 Å². The van der Waals surface area contributed by atoms with Crippen LogP contribution >= 0.6 is 11.8 Å². The standard InChI is InChI=1S/C23H24N4O3S/c1-4-14-29-17-12-10-16(11-13-17)22-27(15(3)28)19-9-7-6-8-18(19)20-21(30-22)24-23(26-25-20)31-5-2/h6-13,22H,4-5,14H2,1-3H3/t22-/m1/s1. The number of fused-ring (bicyclic) bond motifs is 3. The summed E-state index contributed by atoms with van der Waals surface area (Å²) in [6, 6.07) is 15.2. The van der Waals surface area contributed by atoms with Crippen LogP contribution in [0.25, 0.3) is 11.3 Å². The summed E-state index contributed by atoms with van der Waals surface area (Å²) >= 11 is 1.49. The fourth-order valence-electron chi connectivity index (χ4n) is 3.41. The van der Waals surface area contributed by atoms with Crippen molar-refractivity contribution < 1.29 is 14.3 Å². The van der Waals surface area contributed by atoms with Gasteiger partial charge in [0, 0.05) is 18.1 Å². The number of nitrogens with zero attached hydrogens (tertiary/aromatic N) is 4. The van der Waals surface area contributed by atoms with E-state index in [1.54, 1.807) is 4.90 Å². The molecule has 0 aliphatic carbocycles. The van der Waals surface area contributed by atoms with Crippen molar-refractivity contribution in [3.63, 3.8) is 0 Å². The van der Waals surface area contributed by atoms with E-state index in [0.717, 1.165) is 29.1 Å². The van der Waals surface area contributed by atoms with Crippen LogP contribution in [0.1, 0.15) is 39.0 Å². The molecule has 8 heteroatoms. The molecule has 0 spiro atoms. The van der Waals surface area contributed by atoms with Crippen LogP contribution in [-0.2, 0) is 4.79 Å². The number of ether oxygens (including phenoxy) is 2. The zero-order valence-electron chi connectivity index (χ0n) is 17.7. The maximum atomic E-state index is 12.8. The van der Waals surface area contributed by atoms with Gasteiger partial charge < -0.3 is 9.47 Å². The van der Waals surface area contributed by atoms with Gasteiger partial charge in [-0.1, -0.05) is 43.8 Å². The van der Waals surface area contributed by atoms with E-state index in [1.165, 1.54) is 18.7 Å². The summed E-state index contributed by atoms with van der Waals surface area (Å²) in [5.41, 5.74) is 2.79. The summed E-state index contributed by atoms with van der Waals surface area (Å²) in [6.07, 6.45) is 0.237. The lowest BCUT2D eigenvalue weighted by Crippen LogP contribution is -2.36. The number of carbonyl (C=O) groups excluding carboxylic acids is 1. The molecule has 0 N–H and O–H groups in total. The van der Waals surface area contributed by atoms with Gasteiger partial charge in [0.25, 0.3) is 0 Å². The molecular weight excluding hydrogens is 412 g/mol. The van der Waals surface area contributed by atoms with Crippen molar-refractivity contribution in [2.75, 3.05) is 17.3 Å². The average molecular weight is 437 g/mol. The molecule has 2 heterocycles. The van der Waals surface area contributed by atoms with Crippen LogP contribution < -0.4 is 14.4 Å². The van der Waals surface area contributed by atoms with Gasteiger partial charge in [-0.2, -0.15) is 4.98 Å². The maximum absolute atomic E-state index is 12.8. The van der Waals surface area contributed by atoms with Gasteiger partial charge in [0.15, 0.2) is 5.69 Å². The number of hydrogen-bond donors (Lipinski definition) is 0. The Bertz CT molecular complexity index is 1070. The second kappa shape index (κ2) is 9.34. The molecule has 1 aliphatic heterocycles. The van der Waals surface area contributed by atoms with Gasteiger partial charge in [-0.3, -0.25) is 9.69 Å². The van der Waals surface area contributed by atoms with E-state index in [9.17, 15) is 4.79 Å². The third kappa shape index (κ3) is 4.34. The molecule has 31 heavy (non-hydrogen) atoms. The number of rotatable bonds is 6. The highest BCUT2D eigenvalue weighted by atomic mass is 32.2. The van der Waals surface area contributed by atoms with Crippen molar-refractivity contribution in [2.45, 2.75) is 38.6 Å². The molecule has 0 fully saturated rings. The van der Waals surface area contributed by atoms with Gasteiger partial charge in [0.2, 0.25) is 23.2 Å². The smallest absolute Gasteiger partial charge is 0.247 e. The van der Waals surface area contributed by atoms with Crippen LogP contribution in [0.15, 0.2) is 53.7 Å². The van der Waals surface area contributed by atoms with Crippen LogP contribution in [-0.4, -0.2) is 33.4 Å². The first-order valence-corrected chi connectivity index (χ1v) is 11.3. The molecule has 160 valence electrons. The van der Waals surface area contributed by atoms with Crippen molar-refractivity contribution in [2.24, 2.45) is 0 Å². The van der Waals surface area contributed by atoms with Crippen LogP contribution in [0.2, 0.25) is 0 Å². The number of benzene rings is 2. The SMILES string of the molecule is CCCOc1ccc([C@H]2Oc3nc(SCC)nnc3-c3ccccc3N2C(C)=O)cc1. The van der Waals surface area contributed by atoms with Gasteiger partial charge >= 0.3 is 0 Å². The summed E-state index contributed by atoms with van der Waals surface area (Å²) in [5.74, 6) is 1.81. The zero-order valence-corrected chi connectivity index (χ0v) is 18.6. The van der Waals surface area contributed by atoms with Gasteiger partial charge in [0.05, 0.1) is 12.3 Å². The average Bonchev–Trinajstić information content (AvgIpc) is 2.92. The van der Waals surface area contributed by atoms with Crippen LogP contribution in [0.3, 0.4) is 0 Å². The molecule has 0 unspecified atom stereocenters. The minimum Gasteiger partial charge on any atom is -0.494 e. The first-order valence-electron chi connectivity index (χ1n) is 10.3. The van der Waals surface area contributed by atoms with Crippen molar-refractivity contribution in [1.82, 2.24) is 15.2 Å². The molecule has 4 rings (SSSR count). The molecule has 1 aliphatic rings. The van der Waals surface area contributed by atoms with Gasteiger partial charge in [0.1, 0.15) is 5.75 Å². The fourth-order valence-corrected chi connectivity index (χ4v) is 3.91. The number of amides is 1. The normalized spacial score (nSPS) is 14.8. The van der Waals surface area contributed by atoms with Crippen molar-refractivity contribution >= 4 is 23.4 Å². The Morgan fingerprint density at radius 2 is 1.90 bits per heavy atom.